The van der Waals surface area contributed by atoms with Gasteiger partial charge in [-0.3, -0.25) is 4.79 Å². The van der Waals surface area contributed by atoms with Crippen LogP contribution in [0.5, 0.6) is 0 Å². The molecule has 1 unspecified atom stereocenters. The molecule has 2 atom stereocenters. The maximum Gasteiger partial charge on any atom is 0.237 e. The molecule has 0 aromatic heterocycles. The van der Waals surface area contributed by atoms with Crippen molar-refractivity contribution in [3.8, 4) is 0 Å². The Morgan fingerprint density at radius 3 is 2.62 bits per heavy atom. The van der Waals surface area contributed by atoms with Crippen LogP contribution in [0.3, 0.4) is 0 Å². The number of piperidine rings is 2. The van der Waals surface area contributed by atoms with Crippen molar-refractivity contribution in [2.24, 2.45) is 5.92 Å². The summed E-state index contributed by atoms with van der Waals surface area (Å²) < 4.78 is 0. The van der Waals surface area contributed by atoms with E-state index in [2.05, 4.69) is 45.9 Å². The molecule has 0 radical (unpaired) electrons. The predicted molar refractivity (Wildman–Crippen MR) is 95.8 cm³/mol. The van der Waals surface area contributed by atoms with E-state index in [1.54, 1.807) is 0 Å². The van der Waals surface area contributed by atoms with Gasteiger partial charge in [0.05, 0.1) is 6.04 Å². The third-order valence-corrected chi connectivity index (χ3v) is 6.12. The summed E-state index contributed by atoms with van der Waals surface area (Å²) >= 11 is 0. The molecule has 1 aliphatic carbocycles. The van der Waals surface area contributed by atoms with Crippen molar-refractivity contribution < 1.29 is 4.79 Å². The van der Waals surface area contributed by atoms with Gasteiger partial charge in [-0.2, -0.15) is 0 Å². The van der Waals surface area contributed by atoms with Crippen LogP contribution in [0.4, 0.5) is 0 Å². The Morgan fingerprint density at radius 2 is 1.92 bits per heavy atom. The number of nitrogens with one attached hydrogen (secondary N) is 2. The highest BCUT2D eigenvalue weighted by molar-refractivity contribution is 5.82. The molecule has 1 aromatic rings. The molecule has 1 saturated carbocycles. The average Bonchev–Trinajstić information content (AvgIpc) is 3.09. The van der Waals surface area contributed by atoms with Crippen molar-refractivity contribution in [3.63, 3.8) is 0 Å². The highest BCUT2D eigenvalue weighted by Gasteiger charge is 2.39. The van der Waals surface area contributed by atoms with Crippen LogP contribution in [0.25, 0.3) is 0 Å². The van der Waals surface area contributed by atoms with Gasteiger partial charge in [0.15, 0.2) is 0 Å². The molecule has 3 aliphatic heterocycles. The van der Waals surface area contributed by atoms with E-state index >= 15 is 0 Å². The Balaban J connectivity index is 1.23. The fourth-order valence-electron chi connectivity index (χ4n) is 4.68. The van der Waals surface area contributed by atoms with E-state index in [1.807, 2.05) is 0 Å². The molecular weight excluding hydrogens is 298 g/mol. The molecule has 24 heavy (non-hydrogen) atoms. The minimum Gasteiger partial charge on any atom is -0.351 e. The van der Waals surface area contributed by atoms with Gasteiger partial charge in [-0.05, 0) is 50.0 Å². The molecule has 3 saturated heterocycles. The van der Waals surface area contributed by atoms with Crippen LogP contribution in [0.1, 0.15) is 37.7 Å². The maximum atomic E-state index is 12.6. The van der Waals surface area contributed by atoms with Crippen molar-refractivity contribution in [3.05, 3.63) is 35.9 Å². The molecule has 2 bridgehead atoms. The number of hydrogen-bond donors (Lipinski definition) is 2. The molecule has 3 heterocycles. The normalized spacial score (nSPS) is 32.8. The zero-order valence-electron chi connectivity index (χ0n) is 14.4. The zero-order valence-corrected chi connectivity index (χ0v) is 14.4. The van der Waals surface area contributed by atoms with Crippen LogP contribution >= 0.6 is 0 Å². The van der Waals surface area contributed by atoms with E-state index in [0.717, 1.165) is 32.5 Å². The Morgan fingerprint density at radius 1 is 1.12 bits per heavy atom. The van der Waals surface area contributed by atoms with E-state index in [0.29, 0.717) is 18.0 Å². The molecule has 4 fully saturated rings. The highest BCUT2D eigenvalue weighted by Crippen LogP contribution is 2.33. The molecule has 0 spiro atoms. The smallest absolute Gasteiger partial charge is 0.237 e. The Hall–Kier alpha value is -1.39. The number of carbonyl (C=O) groups excluding carboxylic acids is 1. The van der Waals surface area contributed by atoms with Crippen molar-refractivity contribution >= 4 is 5.91 Å². The van der Waals surface area contributed by atoms with Crippen molar-refractivity contribution in [1.82, 2.24) is 15.5 Å². The predicted octanol–water partition coefficient (Wildman–Crippen LogP) is 1.95. The summed E-state index contributed by atoms with van der Waals surface area (Å²) in [6.45, 7) is 3.18. The first-order chi connectivity index (χ1) is 11.8. The summed E-state index contributed by atoms with van der Waals surface area (Å²) in [4.78, 5) is 15.1. The standard InChI is InChI=1S/C20H29N3O/c24-20(19-16-6-8-17(21-19)9-7-16)22-18-11-13-23(14-18)12-10-15-4-2-1-3-5-15/h1-5,16-19,21H,6-14H2,(H,22,24)/t16?,17?,18?,19-/m0/s1. The number of carbonyl (C=O) groups is 1. The SMILES string of the molecule is O=C(NC1CCN(CCc2ccccc2)C1)[C@H]1NC2CCC1CC2. The minimum atomic E-state index is 0.0656. The Labute approximate surface area is 145 Å². The number of benzene rings is 1. The molecule has 5 rings (SSSR count). The summed E-state index contributed by atoms with van der Waals surface area (Å²) in [5.41, 5.74) is 1.40. The fraction of sp³-hybridized carbons (Fsp3) is 0.650. The van der Waals surface area contributed by atoms with Crippen molar-refractivity contribution in [2.75, 3.05) is 19.6 Å². The highest BCUT2D eigenvalue weighted by atomic mass is 16.2. The Kier molecular flexibility index (Phi) is 4.86. The number of fused-ring (bicyclic) bond motifs is 3. The van der Waals surface area contributed by atoms with Crippen LogP contribution in [0.2, 0.25) is 0 Å². The van der Waals surface area contributed by atoms with E-state index in [4.69, 9.17) is 0 Å². The lowest BCUT2D eigenvalue weighted by molar-refractivity contribution is -0.127. The van der Waals surface area contributed by atoms with Crippen molar-refractivity contribution in [2.45, 2.75) is 56.7 Å². The van der Waals surface area contributed by atoms with Gasteiger partial charge in [0.25, 0.3) is 0 Å². The second kappa shape index (κ2) is 7.24. The summed E-state index contributed by atoms with van der Waals surface area (Å²) in [6.07, 6.45) is 7.14. The van der Waals surface area contributed by atoms with Crippen molar-refractivity contribution in [1.29, 1.82) is 0 Å². The van der Waals surface area contributed by atoms with Gasteiger partial charge in [-0.25, -0.2) is 0 Å². The monoisotopic (exact) mass is 327 g/mol. The molecule has 1 aromatic carbocycles. The summed E-state index contributed by atoms with van der Waals surface area (Å²) in [5, 5.41) is 6.88. The lowest BCUT2D eigenvalue weighted by Crippen LogP contribution is -2.60. The van der Waals surface area contributed by atoms with Crippen LogP contribution < -0.4 is 10.6 Å². The number of amides is 1. The zero-order chi connectivity index (χ0) is 16.4. The molecule has 4 aliphatic rings. The first-order valence-electron chi connectivity index (χ1n) is 9.60. The number of rotatable bonds is 5. The van der Waals surface area contributed by atoms with Gasteiger partial charge >= 0.3 is 0 Å². The summed E-state index contributed by atoms with van der Waals surface area (Å²) in [5.74, 6) is 0.810. The van der Waals surface area contributed by atoms with Crippen LogP contribution in [0.15, 0.2) is 30.3 Å². The lowest BCUT2D eigenvalue weighted by atomic mass is 9.76. The van der Waals surface area contributed by atoms with Gasteiger partial charge in [0.1, 0.15) is 0 Å². The van der Waals surface area contributed by atoms with E-state index in [9.17, 15) is 4.79 Å². The first kappa shape index (κ1) is 16.1. The van der Waals surface area contributed by atoms with Gasteiger partial charge in [0, 0.05) is 31.7 Å². The third-order valence-electron chi connectivity index (χ3n) is 6.12. The molecule has 1 amide bonds. The van der Waals surface area contributed by atoms with E-state index in [1.165, 1.54) is 31.2 Å². The lowest BCUT2D eigenvalue weighted by Gasteiger charge is -2.42. The number of nitrogens with zero attached hydrogens (tertiary/aromatic N) is 1. The quantitative estimate of drug-likeness (QED) is 0.869. The van der Waals surface area contributed by atoms with Gasteiger partial charge in [-0.1, -0.05) is 30.3 Å². The maximum absolute atomic E-state index is 12.6. The molecule has 4 heteroatoms. The average molecular weight is 327 g/mol. The third kappa shape index (κ3) is 3.65. The topological polar surface area (TPSA) is 44.4 Å². The van der Waals surface area contributed by atoms with Crippen LogP contribution in [-0.2, 0) is 11.2 Å². The fourth-order valence-corrected chi connectivity index (χ4v) is 4.68. The largest absolute Gasteiger partial charge is 0.351 e. The second-order valence-electron chi connectivity index (χ2n) is 7.79. The summed E-state index contributed by atoms with van der Waals surface area (Å²) in [7, 11) is 0. The van der Waals surface area contributed by atoms with Crippen LogP contribution in [0, 0.1) is 5.92 Å². The minimum absolute atomic E-state index is 0.0656. The van der Waals surface area contributed by atoms with E-state index < -0.39 is 0 Å². The van der Waals surface area contributed by atoms with Gasteiger partial charge < -0.3 is 15.5 Å². The molecule has 4 nitrogen and oxygen atoms in total. The Bertz CT molecular complexity index is 553. The van der Waals surface area contributed by atoms with E-state index in [-0.39, 0.29) is 11.9 Å². The van der Waals surface area contributed by atoms with Gasteiger partial charge in [-0.15, -0.1) is 0 Å². The first-order valence-corrected chi connectivity index (χ1v) is 9.60. The molecule has 130 valence electrons. The number of hydrogen-bond acceptors (Lipinski definition) is 3. The molecule has 2 N–H and O–H groups in total. The summed E-state index contributed by atoms with van der Waals surface area (Å²) in [6, 6.07) is 11.6. The second-order valence-corrected chi connectivity index (χ2v) is 7.79. The van der Waals surface area contributed by atoms with Crippen LogP contribution in [-0.4, -0.2) is 48.6 Å². The molecular formula is C20H29N3O. The van der Waals surface area contributed by atoms with Gasteiger partial charge in [0.2, 0.25) is 5.91 Å². The number of likely N-dealkylation sites (tertiary alicyclic amines) is 1.